The monoisotopic (exact) mass is 449 g/mol. The number of halogens is 6. The number of fused-ring (bicyclic) bond motifs is 1. The predicted molar refractivity (Wildman–Crippen MR) is 94.7 cm³/mol. The number of pyridine rings is 1. The summed E-state index contributed by atoms with van der Waals surface area (Å²) in [6.45, 7) is 2.77. The van der Waals surface area contributed by atoms with Gasteiger partial charge in [-0.3, -0.25) is 9.38 Å². The van der Waals surface area contributed by atoms with Gasteiger partial charge in [0.25, 0.3) is 5.88 Å². The number of rotatable bonds is 7. The molecule has 13 heteroatoms. The fourth-order valence-electron chi connectivity index (χ4n) is 2.31. The Balaban J connectivity index is 1.85. The second-order valence-corrected chi connectivity index (χ2v) is 6.93. The van der Waals surface area contributed by atoms with Gasteiger partial charge in [-0.15, -0.1) is 10.2 Å². The third-order valence-electron chi connectivity index (χ3n) is 4.28. The zero-order valence-electron chi connectivity index (χ0n) is 16.5. The topological polar surface area (TPSA) is 74.4 Å². The number of hydrogen-bond donors (Lipinski definition) is 0. The maximum absolute atomic E-state index is 14.2. The van der Waals surface area contributed by atoms with Crippen LogP contribution in [0.4, 0.5) is 26.3 Å². The summed E-state index contributed by atoms with van der Waals surface area (Å²) in [6, 6.07) is 0.896. The van der Waals surface area contributed by atoms with Crippen LogP contribution in [-0.2, 0) is 11.3 Å². The van der Waals surface area contributed by atoms with Gasteiger partial charge in [-0.1, -0.05) is 13.8 Å². The minimum atomic E-state index is -4.68. The second kappa shape index (κ2) is 8.29. The van der Waals surface area contributed by atoms with Crippen molar-refractivity contribution in [1.29, 1.82) is 0 Å². The van der Waals surface area contributed by atoms with Crippen LogP contribution in [-0.4, -0.2) is 43.0 Å². The van der Waals surface area contributed by atoms with Gasteiger partial charge < -0.3 is 9.47 Å². The molecule has 0 unspecified atom stereocenters. The van der Waals surface area contributed by atoms with E-state index in [4.69, 9.17) is 0 Å². The van der Waals surface area contributed by atoms with Crippen LogP contribution in [0, 0.1) is 11.7 Å². The van der Waals surface area contributed by atoms with Crippen LogP contribution in [0.15, 0.2) is 24.7 Å². The predicted octanol–water partition coefficient (Wildman–Crippen LogP) is 4.42. The quantitative estimate of drug-likeness (QED) is 0.497. The molecule has 0 radical (unpaired) electrons. The van der Waals surface area contributed by atoms with E-state index in [1.54, 1.807) is 0 Å². The van der Waals surface area contributed by atoms with Gasteiger partial charge in [0, 0.05) is 23.9 Å². The summed E-state index contributed by atoms with van der Waals surface area (Å²) in [4.78, 5) is 7.64. The van der Waals surface area contributed by atoms with Gasteiger partial charge >= 0.3 is 12.3 Å². The molecule has 0 aliphatic carbocycles. The molecule has 168 valence electrons. The van der Waals surface area contributed by atoms with Crippen LogP contribution in [0.5, 0.6) is 5.88 Å². The van der Waals surface area contributed by atoms with E-state index in [1.165, 1.54) is 30.6 Å². The maximum atomic E-state index is 14.2. The first-order chi connectivity index (χ1) is 14.4. The van der Waals surface area contributed by atoms with E-state index in [-0.39, 0.29) is 22.7 Å². The highest BCUT2D eigenvalue weighted by atomic mass is 19.4. The average molecular weight is 449 g/mol. The van der Waals surface area contributed by atoms with Crippen molar-refractivity contribution >= 4 is 5.65 Å². The molecule has 3 rings (SSSR count). The summed E-state index contributed by atoms with van der Waals surface area (Å²) in [5.41, 5.74) is 0.480. The SMILES string of the molecule is CC(C)C(F)(F)OCc1nnc2cnc(-c3cnc(O[C@@H](C)C(F)(F)F)c(F)c3)cn12. The largest absolute Gasteiger partial charge is 0.463 e. The molecular weight excluding hydrogens is 432 g/mol. The molecule has 0 aliphatic heterocycles. The van der Waals surface area contributed by atoms with Gasteiger partial charge in [0.05, 0.1) is 11.9 Å². The first-order valence-corrected chi connectivity index (χ1v) is 8.99. The summed E-state index contributed by atoms with van der Waals surface area (Å²) < 4.78 is 89.9. The lowest BCUT2D eigenvalue weighted by molar-refractivity contribution is -0.272. The number of alkyl halides is 5. The van der Waals surface area contributed by atoms with E-state index in [0.29, 0.717) is 0 Å². The number of aromatic nitrogens is 5. The molecule has 3 heterocycles. The molecule has 0 bridgehead atoms. The lowest BCUT2D eigenvalue weighted by Gasteiger charge is -2.19. The molecule has 31 heavy (non-hydrogen) atoms. The summed E-state index contributed by atoms with van der Waals surface area (Å²) in [6.07, 6.45) is -6.63. The molecule has 0 spiro atoms. The fourth-order valence-corrected chi connectivity index (χ4v) is 2.31. The minimum Gasteiger partial charge on any atom is -0.463 e. The van der Waals surface area contributed by atoms with Gasteiger partial charge in [-0.25, -0.2) is 9.37 Å². The van der Waals surface area contributed by atoms with E-state index < -0.39 is 42.6 Å². The molecule has 3 aromatic rings. The summed E-state index contributed by atoms with van der Waals surface area (Å²) >= 11 is 0. The number of nitrogens with zero attached hydrogens (tertiary/aromatic N) is 5. The maximum Gasteiger partial charge on any atom is 0.425 e. The van der Waals surface area contributed by atoms with Crippen LogP contribution in [0.25, 0.3) is 16.9 Å². The second-order valence-electron chi connectivity index (χ2n) is 6.93. The van der Waals surface area contributed by atoms with E-state index in [9.17, 15) is 26.3 Å². The Hall–Kier alpha value is -2.96. The van der Waals surface area contributed by atoms with Gasteiger partial charge in [0.2, 0.25) is 0 Å². The molecule has 0 saturated carbocycles. The zero-order chi connectivity index (χ0) is 23.0. The van der Waals surface area contributed by atoms with Crippen molar-refractivity contribution in [3.8, 4) is 17.1 Å². The van der Waals surface area contributed by atoms with Gasteiger partial charge in [-0.05, 0) is 13.0 Å². The molecule has 1 atom stereocenters. The summed E-state index contributed by atoms with van der Waals surface area (Å²) in [7, 11) is 0. The molecule has 0 N–H and O–H groups in total. The van der Waals surface area contributed by atoms with Crippen LogP contribution >= 0.6 is 0 Å². The number of ether oxygens (including phenoxy) is 2. The van der Waals surface area contributed by atoms with Crippen molar-refractivity contribution in [2.45, 2.75) is 45.8 Å². The van der Waals surface area contributed by atoms with Crippen molar-refractivity contribution in [2.24, 2.45) is 5.92 Å². The molecule has 0 amide bonds. The first kappa shape index (κ1) is 22.7. The zero-order valence-corrected chi connectivity index (χ0v) is 16.5. The normalized spacial score (nSPS) is 13.7. The van der Waals surface area contributed by atoms with E-state index in [0.717, 1.165) is 19.2 Å². The van der Waals surface area contributed by atoms with Crippen molar-refractivity contribution in [1.82, 2.24) is 24.6 Å². The molecule has 0 saturated heterocycles. The molecule has 0 fully saturated rings. The molecule has 3 aromatic heterocycles. The molecular formula is C18H17F6N5O2. The Kier molecular flexibility index (Phi) is 6.07. The molecule has 0 aliphatic rings. The Bertz CT molecular complexity index is 1070. The lowest BCUT2D eigenvalue weighted by atomic mass is 10.2. The Labute approximate surface area is 172 Å². The van der Waals surface area contributed by atoms with Gasteiger partial charge in [-0.2, -0.15) is 22.0 Å². The van der Waals surface area contributed by atoms with Crippen LogP contribution in [0.3, 0.4) is 0 Å². The third kappa shape index (κ3) is 5.03. The number of hydrogen-bond acceptors (Lipinski definition) is 6. The summed E-state index contributed by atoms with van der Waals surface area (Å²) in [5.74, 6) is -2.95. The van der Waals surface area contributed by atoms with Crippen LogP contribution < -0.4 is 4.74 Å². The first-order valence-electron chi connectivity index (χ1n) is 8.99. The van der Waals surface area contributed by atoms with E-state index in [2.05, 4.69) is 29.6 Å². The minimum absolute atomic E-state index is 0.0476. The molecule has 0 aromatic carbocycles. The van der Waals surface area contributed by atoms with Crippen LogP contribution in [0.2, 0.25) is 0 Å². The fraction of sp³-hybridized carbons (Fsp3) is 0.444. The highest BCUT2D eigenvalue weighted by molar-refractivity contribution is 5.59. The smallest absolute Gasteiger partial charge is 0.425 e. The van der Waals surface area contributed by atoms with Gasteiger partial charge in [0.15, 0.2) is 23.4 Å². The van der Waals surface area contributed by atoms with E-state index >= 15 is 0 Å². The van der Waals surface area contributed by atoms with Gasteiger partial charge in [0.1, 0.15) is 6.61 Å². The lowest BCUT2D eigenvalue weighted by Crippen LogP contribution is -2.31. The molecule has 7 nitrogen and oxygen atoms in total. The highest BCUT2D eigenvalue weighted by Crippen LogP contribution is 2.28. The van der Waals surface area contributed by atoms with Crippen molar-refractivity contribution < 1.29 is 35.8 Å². The Morgan fingerprint density at radius 2 is 1.74 bits per heavy atom. The standard InChI is InChI=1S/C18H17F6N5O2/c1-9(2)18(23,24)30-8-15-28-27-14-6-25-13(7-29(14)15)11-4-12(19)16(26-5-11)31-10(3)17(20,21)22/h4-7,9-10H,8H2,1-3H3/t10-/m0/s1. The Morgan fingerprint density at radius 3 is 2.35 bits per heavy atom. The van der Waals surface area contributed by atoms with Crippen molar-refractivity contribution in [3.63, 3.8) is 0 Å². The highest BCUT2D eigenvalue weighted by Gasteiger charge is 2.39. The Morgan fingerprint density at radius 1 is 1.03 bits per heavy atom. The average Bonchev–Trinajstić information content (AvgIpc) is 3.09. The van der Waals surface area contributed by atoms with E-state index in [1.807, 2.05) is 0 Å². The van der Waals surface area contributed by atoms with Crippen LogP contribution in [0.1, 0.15) is 26.6 Å². The van der Waals surface area contributed by atoms with Crippen molar-refractivity contribution in [3.05, 3.63) is 36.3 Å². The summed E-state index contributed by atoms with van der Waals surface area (Å²) in [5, 5.41) is 7.57. The van der Waals surface area contributed by atoms with Crippen molar-refractivity contribution in [2.75, 3.05) is 0 Å². The third-order valence-corrected chi connectivity index (χ3v) is 4.28.